The standard InChI is InChI=1S/C14H18N2O3/c1-14(2,3)11-6-4-9(8-15-11)19-10-5-7-12(17)16-13(10)18/h4,6,8,10H,5,7H2,1-3H3,(H,16,17,18). The highest BCUT2D eigenvalue weighted by Gasteiger charge is 2.28. The summed E-state index contributed by atoms with van der Waals surface area (Å²) in [5.41, 5.74) is 0.941. The van der Waals surface area contributed by atoms with Crippen molar-refractivity contribution in [3.8, 4) is 5.75 Å². The number of carbonyl (C=O) groups excluding carboxylic acids is 2. The topological polar surface area (TPSA) is 68.3 Å². The molecular formula is C14H18N2O3. The molecule has 1 aromatic heterocycles. The molecule has 5 heteroatoms. The van der Waals surface area contributed by atoms with Crippen molar-refractivity contribution in [2.45, 2.75) is 45.1 Å². The zero-order valence-electron chi connectivity index (χ0n) is 11.4. The fourth-order valence-corrected chi connectivity index (χ4v) is 1.84. The van der Waals surface area contributed by atoms with Crippen LogP contribution in [0.2, 0.25) is 0 Å². The Labute approximate surface area is 112 Å². The first kappa shape index (κ1) is 13.5. The molecule has 0 bridgehead atoms. The van der Waals surface area contributed by atoms with Crippen LogP contribution >= 0.6 is 0 Å². The lowest BCUT2D eigenvalue weighted by Crippen LogP contribution is -2.46. The fourth-order valence-electron chi connectivity index (χ4n) is 1.84. The number of hydrogen-bond acceptors (Lipinski definition) is 4. The molecule has 0 aromatic carbocycles. The van der Waals surface area contributed by atoms with Gasteiger partial charge in [-0.05, 0) is 12.1 Å². The van der Waals surface area contributed by atoms with Crippen molar-refractivity contribution < 1.29 is 14.3 Å². The summed E-state index contributed by atoms with van der Waals surface area (Å²) in [7, 11) is 0. The number of ether oxygens (including phenoxy) is 1. The van der Waals surface area contributed by atoms with Crippen molar-refractivity contribution >= 4 is 11.8 Å². The lowest BCUT2D eigenvalue weighted by atomic mass is 9.92. The van der Waals surface area contributed by atoms with Crippen LogP contribution in [0.1, 0.15) is 39.3 Å². The minimum Gasteiger partial charge on any atom is -0.479 e. The quantitative estimate of drug-likeness (QED) is 0.821. The second-order valence-corrected chi connectivity index (χ2v) is 5.69. The normalized spacial score (nSPS) is 20.1. The van der Waals surface area contributed by atoms with Gasteiger partial charge in [-0.1, -0.05) is 20.8 Å². The lowest BCUT2D eigenvalue weighted by molar-refractivity contribution is -0.138. The third-order valence-corrected chi connectivity index (χ3v) is 2.97. The molecule has 1 aliphatic heterocycles. The predicted molar refractivity (Wildman–Crippen MR) is 69.7 cm³/mol. The molecule has 102 valence electrons. The fraction of sp³-hybridized carbons (Fsp3) is 0.500. The molecular weight excluding hydrogens is 244 g/mol. The third kappa shape index (κ3) is 3.30. The molecule has 5 nitrogen and oxygen atoms in total. The van der Waals surface area contributed by atoms with E-state index in [1.807, 2.05) is 6.07 Å². The number of piperidine rings is 1. The highest BCUT2D eigenvalue weighted by molar-refractivity contribution is 5.99. The van der Waals surface area contributed by atoms with Gasteiger partial charge in [0.05, 0.1) is 6.20 Å². The van der Waals surface area contributed by atoms with Crippen molar-refractivity contribution in [3.05, 3.63) is 24.0 Å². The van der Waals surface area contributed by atoms with Crippen molar-refractivity contribution in [2.24, 2.45) is 0 Å². The Morgan fingerprint density at radius 2 is 2.05 bits per heavy atom. The summed E-state index contributed by atoms with van der Waals surface area (Å²) in [4.78, 5) is 26.9. The van der Waals surface area contributed by atoms with E-state index in [4.69, 9.17) is 4.74 Å². The summed E-state index contributed by atoms with van der Waals surface area (Å²) in [6.07, 6.45) is 1.72. The first-order valence-corrected chi connectivity index (χ1v) is 6.33. The Bertz CT molecular complexity index is 488. The van der Waals surface area contributed by atoms with E-state index in [2.05, 4.69) is 31.1 Å². The summed E-state index contributed by atoms with van der Waals surface area (Å²) >= 11 is 0. The van der Waals surface area contributed by atoms with Crippen molar-refractivity contribution in [1.82, 2.24) is 10.3 Å². The van der Waals surface area contributed by atoms with Gasteiger partial charge in [0.15, 0.2) is 6.10 Å². The molecule has 2 rings (SSSR count). The molecule has 1 unspecified atom stereocenters. The van der Waals surface area contributed by atoms with Gasteiger partial charge in [-0.15, -0.1) is 0 Å². The molecule has 1 saturated heterocycles. The summed E-state index contributed by atoms with van der Waals surface area (Å²) in [5, 5.41) is 2.26. The molecule has 0 aliphatic carbocycles. The molecule has 1 aliphatic rings. The maximum Gasteiger partial charge on any atom is 0.267 e. The van der Waals surface area contributed by atoms with E-state index < -0.39 is 6.10 Å². The second kappa shape index (κ2) is 4.99. The number of nitrogens with zero attached hydrogens (tertiary/aromatic N) is 1. The van der Waals surface area contributed by atoms with Gasteiger partial charge in [-0.25, -0.2) is 0 Å². The van der Waals surface area contributed by atoms with Gasteiger partial charge < -0.3 is 4.74 Å². The van der Waals surface area contributed by atoms with Gasteiger partial charge in [0.25, 0.3) is 5.91 Å². The maximum absolute atomic E-state index is 11.6. The molecule has 1 atom stereocenters. The summed E-state index contributed by atoms with van der Waals surface area (Å²) in [6.45, 7) is 6.24. The van der Waals surface area contributed by atoms with Crippen molar-refractivity contribution in [3.63, 3.8) is 0 Å². The SMILES string of the molecule is CC(C)(C)c1ccc(OC2CCC(=O)NC2=O)cn1. The van der Waals surface area contributed by atoms with Crippen LogP contribution in [0.25, 0.3) is 0 Å². The van der Waals surface area contributed by atoms with E-state index in [-0.39, 0.29) is 17.2 Å². The summed E-state index contributed by atoms with van der Waals surface area (Å²) in [6, 6.07) is 3.69. The molecule has 0 spiro atoms. The molecule has 0 radical (unpaired) electrons. The first-order valence-electron chi connectivity index (χ1n) is 6.33. The maximum atomic E-state index is 11.6. The summed E-state index contributed by atoms with van der Waals surface area (Å²) < 4.78 is 5.56. The first-order chi connectivity index (χ1) is 8.86. The van der Waals surface area contributed by atoms with E-state index in [0.29, 0.717) is 18.6 Å². The van der Waals surface area contributed by atoms with E-state index in [1.165, 1.54) is 0 Å². The Hall–Kier alpha value is -1.91. The third-order valence-electron chi connectivity index (χ3n) is 2.97. The molecule has 0 saturated carbocycles. The van der Waals surface area contributed by atoms with Crippen LogP contribution in [0, 0.1) is 0 Å². The zero-order chi connectivity index (χ0) is 14.0. The minimum atomic E-state index is -0.611. The van der Waals surface area contributed by atoms with Gasteiger partial charge >= 0.3 is 0 Å². The monoisotopic (exact) mass is 262 g/mol. The van der Waals surface area contributed by atoms with Gasteiger partial charge in [0, 0.05) is 24.0 Å². The van der Waals surface area contributed by atoms with E-state index in [1.54, 1.807) is 12.3 Å². The van der Waals surface area contributed by atoms with Gasteiger partial charge in [0.2, 0.25) is 5.91 Å². The number of imide groups is 1. The zero-order valence-corrected chi connectivity index (χ0v) is 11.4. The smallest absolute Gasteiger partial charge is 0.267 e. The average Bonchev–Trinajstić information content (AvgIpc) is 2.32. The molecule has 19 heavy (non-hydrogen) atoms. The predicted octanol–water partition coefficient (Wildman–Crippen LogP) is 1.56. The Kier molecular flexibility index (Phi) is 3.55. The van der Waals surface area contributed by atoms with Gasteiger partial charge in [-0.3, -0.25) is 19.9 Å². The Balaban J connectivity index is 2.04. The molecule has 1 aromatic rings. The second-order valence-electron chi connectivity index (χ2n) is 5.69. The van der Waals surface area contributed by atoms with E-state index in [9.17, 15) is 9.59 Å². The lowest BCUT2D eigenvalue weighted by Gasteiger charge is -2.22. The highest BCUT2D eigenvalue weighted by Crippen LogP contribution is 2.22. The van der Waals surface area contributed by atoms with Crippen LogP contribution < -0.4 is 10.1 Å². The molecule has 2 amide bonds. The van der Waals surface area contributed by atoms with Crippen LogP contribution in [-0.2, 0) is 15.0 Å². The largest absolute Gasteiger partial charge is 0.479 e. The number of nitrogens with one attached hydrogen (secondary N) is 1. The van der Waals surface area contributed by atoms with Crippen LogP contribution in [0.4, 0.5) is 0 Å². The number of pyridine rings is 1. The van der Waals surface area contributed by atoms with Crippen LogP contribution in [0.5, 0.6) is 5.75 Å². The number of rotatable bonds is 2. The van der Waals surface area contributed by atoms with E-state index in [0.717, 1.165) is 5.69 Å². The number of carbonyl (C=O) groups is 2. The number of hydrogen-bond donors (Lipinski definition) is 1. The van der Waals surface area contributed by atoms with Crippen LogP contribution in [0.3, 0.4) is 0 Å². The minimum absolute atomic E-state index is 0.0207. The number of aromatic nitrogens is 1. The van der Waals surface area contributed by atoms with E-state index >= 15 is 0 Å². The van der Waals surface area contributed by atoms with Crippen molar-refractivity contribution in [2.75, 3.05) is 0 Å². The Morgan fingerprint density at radius 3 is 2.58 bits per heavy atom. The van der Waals surface area contributed by atoms with Gasteiger partial charge in [0.1, 0.15) is 5.75 Å². The van der Waals surface area contributed by atoms with Crippen LogP contribution in [0.15, 0.2) is 18.3 Å². The number of amides is 2. The molecule has 1 N–H and O–H groups in total. The van der Waals surface area contributed by atoms with Crippen molar-refractivity contribution in [1.29, 1.82) is 0 Å². The Morgan fingerprint density at radius 1 is 1.32 bits per heavy atom. The summed E-state index contributed by atoms with van der Waals surface area (Å²) in [5.74, 6) is -0.0790. The molecule has 2 heterocycles. The average molecular weight is 262 g/mol. The van der Waals surface area contributed by atoms with Crippen LogP contribution in [-0.4, -0.2) is 22.9 Å². The van der Waals surface area contributed by atoms with Gasteiger partial charge in [-0.2, -0.15) is 0 Å². The molecule has 1 fully saturated rings. The highest BCUT2D eigenvalue weighted by atomic mass is 16.5.